The number of allylic oxidation sites excluding steroid dienone is 2. The molecule has 0 aliphatic carbocycles. The van der Waals surface area contributed by atoms with Crippen LogP contribution in [0.2, 0.25) is 0 Å². The summed E-state index contributed by atoms with van der Waals surface area (Å²) in [6.07, 6.45) is 10.0. The molecule has 0 unspecified atom stereocenters. The molecule has 1 aliphatic heterocycles. The molecule has 0 saturated carbocycles. The van der Waals surface area contributed by atoms with Gasteiger partial charge in [-0.05, 0) is 67.2 Å². The average molecular weight is 488 g/mol. The van der Waals surface area contributed by atoms with E-state index in [9.17, 15) is 0 Å². The zero-order valence-corrected chi connectivity index (χ0v) is 22.0. The molecular weight excluding hydrogens is 446 g/mol. The van der Waals surface area contributed by atoms with Crippen LogP contribution in [0.3, 0.4) is 0 Å². The molecule has 0 spiro atoms. The molecule has 2 aromatic rings. The molecule has 1 fully saturated rings. The highest BCUT2D eigenvalue weighted by Crippen LogP contribution is 2.25. The molecule has 0 atom stereocenters. The number of anilines is 2. The summed E-state index contributed by atoms with van der Waals surface area (Å²) in [5.74, 6) is 1.48. The minimum Gasteiger partial charge on any atom is -0.457 e. The van der Waals surface area contributed by atoms with Crippen molar-refractivity contribution in [3.63, 3.8) is 0 Å². The van der Waals surface area contributed by atoms with E-state index in [0.29, 0.717) is 5.76 Å². The molecule has 3 rings (SSSR count). The Labute approximate surface area is 217 Å². The van der Waals surface area contributed by atoms with Crippen molar-refractivity contribution in [1.29, 1.82) is 0 Å². The molecule has 0 radical (unpaired) electrons. The van der Waals surface area contributed by atoms with E-state index in [4.69, 9.17) is 4.74 Å². The number of hydrogen-bond donors (Lipinski definition) is 2. The zero-order chi connectivity index (χ0) is 26.2. The Hall–Kier alpha value is -3.61. The lowest BCUT2D eigenvalue weighted by Crippen LogP contribution is -2.43. The summed E-state index contributed by atoms with van der Waals surface area (Å²) >= 11 is 0. The van der Waals surface area contributed by atoms with E-state index in [1.165, 1.54) is 11.1 Å². The van der Waals surface area contributed by atoms with Crippen LogP contribution in [0.1, 0.15) is 18.1 Å². The lowest BCUT2D eigenvalue weighted by molar-refractivity contribution is 0.148. The van der Waals surface area contributed by atoms with Crippen LogP contribution in [-0.4, -0.2) is 56.3 Å². The first-order valence-corrected chi connectivity index (χ1v) is 12.3. The van der Waals surface area contributed by atoms with Gasteiger partial charge in [-0.1, -0.05) is 31.7 Å². The van der Waals surface area contributed by atoms with Crippen LogP contribution in [-0.2, 0) is 13.0 Å². The van der Waals surface area contributed by atoms with Gasteiger partial charge >= 0.3 is 0 Å². The molecule has 0 amide bonds. The largest absolute Gasteiger partial charge is 0.457 e. The standard InChI is InChI=1S/C28H37N5O.C2H4/c1-5-23-7-10-25(11-8-23)34-26(13-15-29-3)14-16-31-27-12-9-24(21-28(27)30-6-2)22-33-19-17-32(4)18-20-33;1-2/h6-16,21,30-31H,2,5,17-20,22H2,1,3-4H3;1-2H2/b16-14+,26-13+,29-15?;. The highest BCUT2D eigenvalue weighted by molar-refractivity contribution is 5.73. The average Bonchev–Trinajstić information content (AvgIpc) is 2.91. The van der Waals surface area contributed by atoms with Crippen molar-refractivity contribution in [2.75, 3.05) is 50.9 Å². The second-order valence-corrected chi connectivity index (χ2v) is 8.36. The van der Waals surface area contributed by atoms with Crippen LogP contribution in [0.4, 0.5) is 11.4 Å². The normalized spacial score (nSPS) is 14.9. The minimum atomic E-state index is 0.687. The van der Waals surface area contributed by atoms with Gasteiger partial charge in [0.1, 0.15) is 11.5 Å². The number of likely N-dealkylation sites (N-methyl/N-ethyl adjacent to an activating group) is 1. The lowest BCUT2D eigenvalue weighted by Gasteiger charge is -2.32. The van der Waals surface area contributed by atoms with E-state index in [-0.39, 0.29) is 0 Å². The number of rotatable bonds is 11. The summed E-state index contributed by atoms with van der Waals surface area (Å²) in [7, 11) is 3.92. The Balaban J connectivity index is 0.00000222. The van der Waals surface area contributed by atoms with E-state index in [0.717, 1.165) is 56.3 Å². The van der Waals surface area contributed by atoms with E-state index in [1.807, 2.05) is 30.5 Å². The molecule has 0 aromatic heterocycles. The summed E-state index contributed by atoms with van der Waals surface area (Å²) in [5.41, 5.74) is 4.52. The van der Waals surface area contributed by atoms with Gasteiger partial charge in [-0.25, -0.2) is 0 Å². The molecular formula is C30H41N5O. The summed E-state index contributed by atoms with van der Waals surface area (Å²) in [5, 5.41) is 6.63. The second-order valence-electron chi connectivity index (χ2n) is 8.36. The van der Waals surface area contributed by atoms with E-state index in [2.05, 4.69) is 89.5 Å². The van der Waals surface area contributed by atoms with Crippen LogP contribution in [0, 0.1) is 0 Å². The molecule has 1 saturated heterocycles. The molecule has 1 aliphatic rings. The van der Waals surface area contributed by atoms with Gasteiger partial charge in [0.25, 0.3) is 0 Å². The number of nitrogens with one attached hydrogen (secondary N) is 2. The number of benzene rings is 2. The molecule has 6 nitrogen and oxygen atoms in total. The molecule has 0 bridgehead atoms. The number of hydrogen-bond acceptors (Lipinski definition) is 6. The van der Waals surface area contributed by atoms with Gasteiger partial charge in [0.15, 0.2) is 0 Å². The number of nitrogens with zero attached hydrogens (tertiary/aromatic N) is 3. The third kappa shape index (κ3) is 9.56. The first-order valence-electron chi connectivity index (χ1n) is 12.3. The van der Waals surface area contributed by atoms with E-state index >= 15 is 0 Å². The van der Waals surface area contributed by atoms with Gasteiger partial charge in [0.05, 0.1) is 11.4 Å². The van der Waals surface area contributed by atoms with Crippen LogP contribution in [0.5, 0.6) is 5.75 Å². The maximum atomic E-state index is 6.05. The van der Waals surface area contributed by atoms with Gasteiger partial charge in [0, 0.05) is 52.2 Å². The van der Waals surface area contributed by atoms with Crippen molar-refractivity contribution < 1.29 is 4.74 Å². The molecule has 2 aromatic carbocycles. The fourth-order valence-electron chi connectivity index (χ4n) is 3.72. The smallest absolute Gasteiger partial charge is 0.130 e. The van der Waals surface area contributed by atoms with Crippen LogP contribution in [0.15, 0.2) is 97.5 Å². The van der Waals surface area contributed by atoms with Crippen molar-refractivity contribution >= 4 is 17.6 Å². The first kappa shape index (κ1) is 28.6. The van der Waals surface area contributed by atoms with Gasteiger partial charge in [-0.3, -0.25) is 9.89 Å². The van der Waals surface area contributed by atoms with Crippen LogP contribution < -0.4 is 15.4 Å². The summed E-state index contributed by atoms with van der Waals surface area (Å²) < 4.78 is 6.05. The van der Waals surface area contributed by atoms with Crippen LogP contribution in [0.25, 0.3) is 0 Å². The van der Waals surface area contributed by atoms with Gasteiger partial charge in [-0.2, -0.15) is 0 Å². The topological polar surface area (TPSA) is 52.1 Å². The molecule has 36 heavy (non-hydrogen) atoms. The maximum Gasteiger partial charge on any atom is 0.130 e. The zero-order valence-electron chi connectivity index (χ0n) is 22.0. The van der Waals surface area contributed by atoms with Gasteiger partial charge < -0.3 is 20.3 Å². The highest BCUT2D eigenvalue weighted by Gasteiger charge is 2.14. The van der Waals surface area contributed by atoms with Gasteiger partial charge in [0.2, 0.25) is 0 Å². The minimum absolute atomic E-state index is 0.687. The maximum absolute atomic E-state index is 6.05. The first-order chi connectivity index (χ1) is 17.6. The van der Waals surface area contributed by atoms with Crippen molar-refractivity contribution in [3.05, 3.63) is 104 Å². The Morgan fingerprint density at radius 2 is 1.69 bits per heavy atom. The molecule has 2 N–H and O–H groups in total. The predicted octanol–water partition coefficient (Wildman–Crippen LogP) is 5.94. The Morgan fingerprint density at radius 1 is 1.00 bits per heavy atom. The van der Waals surface area contributed by atoms with Crippen molar-refractivity contribution in [2.45, 2.75) is 19.9 Å². The number of aryl methyl sites for hydroxylation is 1. The lowest BCUT2D eigenvalue weighted by atomic mass is 10.1. The fourth-order valence-corrected chi connectivity index (χ4v) is 3.72. The summed E-state index contributed by atoms with van der Waals surface area (Å²) in [4.78, 5) is 8.92. The Bertz CT molecular complexity index is 1020. The second kappa shape index (κ2) is 16.1. The van der Waals surface area contributed by atoms with Gasteiger partial charge in [-0.15, -0.1) is 13.2 Å². The Kier molecular flexibility index (Phi) is 12.8. The Morgan fingerprint density at radius 3 is 2.33 bits per heavy atom. The third-order valence-electron chi connectivity index (χ3n) is 5.79. The number of aliphatic imine (C=N–C) groups is 1. The predicted molar refractivity (Wildman–Crippen MR) is 156 cm³/mol. The van der Waals surface area contributed by atoms with Crippen molar-refractivity contribution in [2.24, 2.45) is 4.99 Å². The van der Waals surface area contributed by atoms with E-state index < -0.39 is 0 Å². The van der Waals surface area contributed by atoms with Crippen molar-refractivity contribution in [3.8, 4) is 5.75 Å². The molecule has 6 heteroatoms. The van der Waals surface area contributed by atoms with E-state index in [1.54, 1.807) is 19.5 Å². The molecule has 192 valence electrons. The quantitative estimate of drug-likeness (QED) is 0.178. The number of piperazine rings is 1. The van der Waals surface area contributed by atoms with Crippen LogP contribution >= 0.6 is 0 Å². The SMILES string of the molecule is C=C.C=CNc1cc(CN2CCN(C)CC2)ccc1N/C=C/C(=C\C=NC)Oc1ccc(CC)cc1. The van der Waals surface area contributed by atoms with Crippen molar-refractivity contribution in [1.82, 2.24) is 9.80 Å². The summed E-state index contributed by atoms with van der Waals surface area (Å²) in [6, 6.07) is 14.6. The third-order valence-corrected chi connectivity index (χ3v) is 5.79. The molecule has 1 heterocycles. The number of ether oxygens (including phenoxy) is 1. The highest BCUT2D eigenvalue weighted by atomic mass is 16.5. The summed E-state index contributed by atoms with van der Waals surface area (Å²) in [6.45, 7) is 17.4. The monoisotopic (exact) mass is 487 g/mol. The fraction of sp³-hybridized carbons (Fsp3) is 0.300.